The molecule has 0 aliphatic heterocycles. The molecule has 1 rings (SSSR count). The molecule has 0 saturated heterocycles. The van der Waals surface area contributed by atoms with E-state index in [1.54, 1.807) is 12.4 Å². The van der Waals surface area contributed by atoms with Crippen LogP contribution in [0, 0.1) is 5.92 Å². The minimum absolute atomic E-state index is 0.164. The van der Waals surface area contributed by atoms with Crippen molar-refractivity contribution in [3.63, 3.8) is 0 Å². The molecule has 0 radical (unpaired) electrons. The minimum atomic E-state index is -0.286. The maximum Gasteiger partial charge on any atom is 0.313 e. The number of aromatic nitrogens is 2. The van der Waals surface area contributed by atoms with Crippen LogP contribution in [-0.2, 0) is 9.53 Å². The number of carbonyl (C=O) groups is 1. The van der Waals surface area contributed by atoms with Crippen LogP contribution in [0.1, 0.15) is 57.8 Å². The van der Waals surface area contributed by atoms with Gasteiger partial charge >= 0.3 is 5.97 Å². The van der Waals surface area contributed by atoms with Crippen LogP contribution in [0.15, 0.2) is 12.4 Å². The maximum absolute atomic E-state index is 11.9. The van der Waals surface area contributed by atoms with E-state index in [1.165, 1.54) is 0 Å². The second-order valence-corrected chi connectivity index (χ2v) is 5.00. The summed E-state index contributed by atoms with van der Waals surface area (Å²) in [6.07, 6.45) is 3.48. The summed E-state index contributed by atoms with van der Waals surface area (Å²) >= 11 is 0. The third kappa shape index (κ3) is 3.52. The van der Waals surface area contributed by atoms with Crippen LogP contribution in [0.5, 0.6) is 0 Å². The largest absolute Gasteiger partial charge is 0.466 e. The lowest BCUT2D eigenvalue weighted by Gasteiger charge is -2.19. The topological polar surface area (TPSA) is 52.1 Å². The first-order valence-corrected chi connectivity index (χ1v) is 6.45. The normalized spacial score (nSPS) is 12.8. The zero-order chi connectivity index (χ0) is 13.7. The predicted octanol–water partition coefficient (Wildman–Crippen LogP) is 2.90. The molecule has 0 fully saturated rings. The monoisotopic (exact) mass is 250 g/mol. The number of nitrogens with zero attached hydrogens (tertiary/aromatic N) is 2. The lowest BCUT2D eigenvalue weighted by Crippen LogP contribution is -2.21. The summed E-state index contributed by atoms with van der Waals surface area (Å²) in [4.78, 5) is 20.5. The van der Waals surface area contributed by atoms with Gasteiger partial charge in [-0.2, -0.15) is 0 Å². The van der Waals surface area contributed by atoms with Crippen molar-refractivity contribution in [2.75, 3.05) is 6.61 Å². The van der Waals surface area contributed by atoms with E-state index in [-0.39, 0.29) is 17.8 Å². The Labute approximate surface area is 109 Å². The fraction of sp³-hybridized carbons (Fsp3) is 0.643. The van der Waals surface area contributed by atoms with Crippen molar-refractivity contribution < 1.29 is 9.53 Å². The van der Waals surface area contributed by atoms with Gasteiger partial charge in [-0.1, -0.05) is 27.7 Å². The highest BCUT2D eigenvalue weighted by Crippen LogP contribution is 2.25. The van der Waals surface area contributed by atoms with Crippen molar-refractivity contribution in [3.05, 3.63) is 23.8 Å². The molecular formula is C14H22N2O2. The van der Waals surface area contributed by atoms with Crippen molar-refractivity contribution in [1.82, 2.24) is 9.97 Å². The van der Waals surface area contributed by atoms with Crippen LogP contribution in [0.3, 0.4) is 0 Å². The molecule has 0 aliphatic rings. The van der Waals surface area contributed by atoms with E-state index in [0.29, 0.717) is 12.5 Å². The van der Waals surface area contributed by atoms with E-state index in [9.17, 15) is 4.79 Å². The van der Waals surface area contributed by atoms with Gasteiger partial charge in [-0.3, -0.25) is 4.79 Å². The van der Waals surface area contributed by atoms with Gasteiger partial charge in [0.1, 0.15) is 5.82 Å². The van der Waals surface area contributed by atoms with Gasteiger partial charge < -0.3 is 4.74 Å². The summed E-state index contributed by atoms with van der Waals surface area (Å²) in [5.74, 6) is 0.765. The quantitative estimate of drug-likeness (QED) is 0.754. The number of esters is 1. The minimum Gasteiger partial charge on any atom is -0.466 e. The molecule has 1 aromatic rings. The van der Waals surface area contributed by atoms with E-state index in [4.69, 9.17) is 4.74 Å². The van der Waals surface area contributed by atoms with E-state index < -0.39 is 0 Å². The van der Waals surface area contributed by atoms with Gasteiger partial charge in [-0.25, -0.2) is 9.97 Å². The second-order valence-electron chi connectivity index (χ2n) is 5.00. The van der Waals surface area contributed by atoms with Gasteiger partial charge in [0.15, 0.2) is 0 Å². The van der Waals surface area contributed by atoms with Gasteiger partial charge in [-0.15, -0.1) is 0 Å². The van der Waals surface area contributed by atoms with Crippen molar-refractivity contribution >= 4 is 5.97 Å². The number of ether oxygens (including phenoxy) is 1. The Kier molecular flexibility index (Phi) is 5.25. The Bertz CT molecular complexity index is 385. The molecule has 1 aromatic heterocycles. The van der Waals surface area contributed by atoms with Crippen LogP contribution >= 0.6 is 0 Å². The molecule has 4 heteroatoms. The standard InChI is InChI=1S/C14H22N2O2/c1-6-18-14(17)12(9(2)3)11-7-15-13(10(4)5)16-8-11/h7-10,12H,6H2,1-5H3. The third-order valence-electron chi connectivity index (χ3n) is 2.77. The van der Waals surface area contributed by atoms with E-state index in [0.717, 1.165) is 11.4 Å². The Morgan fingerprint density at radius 3 is 2.17 bits per heavy atom. The molecule has 100 valence electrons. The van der Waals surface area contributed by atoms with E-state index in [2.05, 4.69) is 9.97 Å². The van der Waals surface area contributed by atoms with Crippen molar-refractivity contribution in [3.8, 4) is 0 Å². The molecule has 1 unspecified atom stereocenters. The fourth-order valence-corrected chi connectivity index (χ4v) is 1.83. The number of carbonyl (C=O) groups excluding carboxylic acids is 1. The zero-order valence-corrected chi connectivity index (χ0v) is 11.8. The zero-order valence-electron chi connectivity index (χ0n) is 11.8. The smallest absolute Gasteiger partial charge is 0.313 e. The van der Waals surface area contributed by atoms with E-state index in [1.807, 2.05) is 34.6 Å². The van der Waals surface area contributed by atoms with Crippen LogP contribution in [0.2, 0.25) is 0 Å². The molecule has 0 N–H and O–H groups in total. The highest BCUT2D eigenvalue weighted by Gasteiger charge is 2.26. The number of hydrogen-bond donors (Lipinski definition) is 0. The summed E-state index contributed by atoms with van der Waals surface area (Å²) in [5.41, 5.74) is 0.827. The van der Waals surface area contributed by atoms with Gasteiger partial charge in [0.05, 0.1) is 12.5 Å². The third-order valence-corrected chi connectivity index (χ3v) is 2.77. The first-order chi connectivity index (χ1) is 8.47. The average Bonchev–Trinajstić information content (AvgIpc) is 2.29. The molecule has 0 aromatic carbocycles. The van der Waals surface area contributed by atoms with Gasteiger partial charge in [-0.05, 0) is 12.8 Å². The second kappa shape index (κ2) is 6.47. The molecule has 0 amide bonds. The van der Waals surface area contributed by atoms with Crippen LogP contribution in [-0.4, -0.2) is 22.5 Å². The predicted molar refractivity (Wildman–Crippen MR) is 70.3 cm³/mol. The summed E-state index contributed by atoms with van der Waals surface area (Å²) in [5, 5.41) is 0. The molecule has 4 nitrogen and oxygen atoms in total. The molecule has 0 bridgehead atoms. The first kappa shape index (κ1) is 14.6. The highest BCUT2D eigenvalue weighted by molar-refractivity contribution is 5.78. The lowest BCUT2D eigenvalue weighted by molar-refractivity contribution is -0.146. The number of hydrogen-bond acceptors (Lipinski definition) is 4. The highest BCUT2D eigenvalue weighted by atomic mass is 16.5. The molecule has 0 saturated carbocycles. The molecule has 1 atom stereocenters. The van der Waals surface area contributed by atoms with E-state index >= 15 is 0 Å². The van der Waals surface area contributed by atoms with Crippen molar-refractivity contribution in [1.29, 1.82) is 0 Å². The number of rotatable bonds is 5. The SMILES string of the molecule is CCOC(=O)C(c1cnc(C(C)C)nc1)C(C)C. The maximum atomic E-state index is 11.9. The summed E-state index contributed by atoms with van der Waals surface area (Å²) in [7, 11) is 0. The Hall–Kier alpha value is -1.45. The van der Waals surface area contributed by atoms with Crippen molar-refractivity contribution in [2.45, 2.75) is 46.5 Å². The fourth-order valence-electron chi connectivity index (χ4n) is 1.83. The van der Waals surface area contributed by atoms with Gasteiger partial charge in [0, 0.05) is 23.9 Å². The van der Waals surface area contributed by atoms with Crippen LogP contribution in [0.4, 0.5) is 0 Å². The molecule has 18 heavy (non-hydrogen) atoms. The summed E-state index contributed by atoms with van der Waals surface area (Å²) < 4.78 is 5.10. The Morgan fingerprint density at radius 1 is 1.22 bits per heavy atom. The lowest BCUT2D eigenvalue weighted by atomic mass is 9.90. The van der Waals surface area contributed by atoms with Crippen LogP contribution < -0.4 is 0 Å². The van der Waals surface area contributed by atoms with Crippen molar-refractivity contribution in [2.24, 2.45) is 5.92 Å². The van der Waals surface area contributed by atoms with Gasteiger partial charge in [0.25, 0.3) is 0 Å². The van der Waals surface area contributed by atoms with Crippen LogP contribution in [0.25, 0.3) is 0 Å². The average molecular weight is 250 g/mol. The molecular weight excluding hydrogens is 228 g/mol. The Morgan fingerprint density at radius 2 is 1.78 bits per heavy atom. The van der Waals surface area contributed by atoms with Gasteiger partial charge in [0.2, 0.25) is 0 Å². The molecule has 1 heterocycles. The Balaban J connectivity index is 2.96. The molecule has 0 aliphatic carbocycles. The first-order valence-electron chi connectivity index (χ1n) is 6.45. The summed E-state index contributed by atoms with van der Waals surface area (Å²) in [6, 6.07) is 0. The molecule has 0 spiro atoms. The summed E-state index contributed by atoms with van der Waals surface area (Å²) in [6.45, 7) is 10.3.